The van der Waals surface area contributed by atoms with Gasteiger partial charge in [0.15, 0.2) is 0 Å². The molecule has 3 atom stereocenters. The van der Waals surface area contributed by atoms with Crippen LogP contribution in [-0.4, -0.2) is 53.8 Å². The highest BCUT2D eigenvalue weighted by atomic mass is 16.5. The van der Waals surface area contributed by atoms with E-state index in [4.69, 9.17) is 4.74 Å². The summed E-state index contributed by atoms with van der Waals surface area (Å²) in [5.74, 6) is -0.904. The van der Waals surface area contributed by atoms with Gasteiger partial charge in [0.05, 0.1) is 6.04 Å². The first kappa shape index (κ1) is 24.4. The molecular formula is C23H33N3O5. The Bertz CT molecular complexity index is 766. The van der Waals surface area contributed by atoms with Gasteiger partial charge in [-0.2, -0.15) is 0 Å². The Balaban J connectivity index is 2.01. The number of amides is 3. The highest BCUT2D eigenvalue weighted by molar-refractivity contribution is 5.92. The van der Waals surface area contributed by atoms with Gasteiger partial charge in [-0.05, 0) is 30.2 Å². The largest absolute Gasteiger partial charge is 0.445 e. The van der Waals surface area contributed by atoms with Crippen molar-refractivity contribution >= 4 is 24.2 Å². The Labute approximate surface area is 183 Å². The number of alkyl carbamates (subject to hydrolysis) is 1. The molecule has 2 rings (SSSR count). The zero-order valence-electron chi connectivity index (χ0n) is 18.7. The van der Waals surface area contributed by atoms with Gasteiger partial charge >= 0.3 is 6.09 Å². The van der Waals surface area contributed by atoms with Crippen LogP contribution in [0.3, 0.4) is 0 Å². The van der Waals surface area contributed by atoms with Crippen LogP contribution in [0.15, 0.2) is 30.3 Å². The molecule has 1 fully saturated rings. The number of hydrogen-bond acceptors (Lipinski definition) is 5. The first-order chi connectivity index (χ1) is 14.7. The molecule has 8 heteroatoms. The zero-order chi connectivity index (χ0) is 23.0. The van der Waals surface area contributed by atoms with Gasteiger partial charge in [0.2, 0.25) is 11.8 Å². The second kappa shape index (κ2) is 11.5. The van der Waals surface area contributed by atoms with Crippen molar-refractivity contribution in [3.63, 3.8) is 0 Å². The van der Waals surface area contributed by atoms with Gasteiger partial charge in [-0.3, -0.25) is 9.59 Å². The maximum Gasteiger partial charge on any atom is 0.408 e. The summed E-state index contributed by atoms with van der Waals surface area (Å²) in [7, 11) is 0. The Hall–Kier alpha value is -2.90. The van der Waals surface area contributed by atoms with E-state index < -0.39 is 24.2 Å². The Morgan fingerprint density at radius 2 is 1.77 bits per heavy atom. The second-order valence-electron chi connectivity index (χ2n) is 8.53. The van der Waals surface area contributed by atoms with Gasteiger partial charge in [0, 0.05) is 6.54 Å². The van der Waals surface area contributed by atoms with E-state index in [1.165, 1.54) is 4.90 Å². The van der Waals surface area contributed by atoms with Crippen molar-refractivity contribution in [2.24, 2.45) is 11.8 Å². The quantitative estimate of drug-likeness (QED) is 0.584. The summed E-state index contributed by atoms with van der Waals surface area (Å²) >= 11 is 0. The van der Waals surface area contributed by atoms with Crippen LogP contribution in [0.5, 0.6) is 0 Å². The number of nitrogens with zero attached hydrogens (tertiary/aromatic N) is 1. The third-order valence-corrected chi connectivity index (χ3v) is 5.43. The molecule has 0 spiro atoms. The molecule has 31 heavy (non-hydrogen) atoms. The fourth-order valence-electron chi connectivity index (χ4n) is 3.51. The first-order valence-corrected chi connectivity index (χ1v) is 10.8. The Morgan fingerprint density at radius 3 is 2.35 bits per heavy atom. The van der Waals surface area contributed by atoms with E-state index in [0.29, 0.717) is 25.7 Å². The lowest BCUT2D eigenvalue weighted by Crippen LogP contribution is -2.56. The van der Waals surface area contributed by atoms with Crippen LogP contribution < -0.4 is 10.6 Å². The van der Waals surface area contributed by atoms with Gasteiger partial charge in [-0.1, -0.05) is 58.0 Å². The number of ether oxygens (including phenoxy) is 1. The molecule has 0 radical (unpaired) electrons. The van der Waals surface area contributed by atoms with E-state index in [1.807, 2.05) is 58.0 Å². The average molecular weight is 432 g/mol. The highest BCUT2D eigenvalue weighted by Gasteiger charge is 2.39. The SMILES string of the molecule is CC(C)C(C=O)NC(=O)C1CCCN1C(=O)[C@@H](NC(=O)OCc1ccccc1)C(C)C. The molecule has 1 aromatic rings. The Morgan fingerprint density at radius 1 is 1.10 bits per heavy atom. The predicted octanol–water partition coefficient (Wildman–Crippen LogP) is 2.27. The monoisotopic (exact) mass is 431 g/mol. The third kappa shape index (κ3) is 6.80. The van der Waals surface area contributed by atoms with Gasteiger partial charge in [-0.15, -0.1) is 0 Å². The lowest BCUT2D eigenvalue weighted by atomic mass is 10.0. The van der Waals surface area contributed by atoms with Crippen LogP contribution >= 0.6 is 0 Å². The summed E-state index contributed by atoms with van der Waals surface area (Å²) in [6.45, 7) is 7.86. The number of hydrogen-bond donors (Lipinski definition) is 2. The van der Waals surface area contributed by atoms with Crippen LogP contribution in [-0.2, 0) is 25.7 Å². The van der Waals surface area contributed by atoms with E-state index in [2.05, 4.69) is 10.6 Å². The molecule has 0 bridgehead atoms. The molecule has 1 heterocycles. The minimum atomic E-state index is -0.816. The fraction of sp³-hybridized carbons (Fsp3) is 0.565. The molecule has 1 aliphatic rings. The lowest BCUT2D eigenvalue weighted by Gasteiger charge is -2.31. The van der Waals surface area contributed by atoms with Crippen LogP contribution in [0.25, 0.3) is 0 Å². The fourth-order valence-corrected chi connectivity index (χ4v) is 3.51. The van der Waals surface area contributed by atoms with Crippen molar-refractivity contribution in [1.29, 1.82) is 0 Å². The zero-order valence-corrected chi connectivity index (χ0v) is 18.7. The summed E-state index contributed by atoms with van der Waals surface area (Å²) in [6.07, 6.45) is 1.23. The molecule has 170 valence electrons. The molecule has 1 saturated heterocycles. The number of carbonyl (C=O) groups excluding carboxylic acids is 4. The summed E-state index contributed by atoms with van der Waals surface area (Å²) in [4.78, 5) is 51.0. The molecule has 0 aliphatic carbocycles. The van der Waals surface area contributed by atoms with Crippen molar-refractivity contribution in [1.82, 2.24) is 15.5 Å². The average Bonchev–Trinajstić information content (AvgIpc) is 3.24. The first-order valence-electron chi connectivity index (χ1n) is 10.8. The molecular weight excluding hydrogens is 398 g/mol. The number of benzene rings is 1. The van der Waals surface area contributed by atoms with Gasteiger partial charge in [0.1, 0.15) is 25.0 Å². The predicted molar refractivity (Wildman–Crippen MR) is 116 cm³/mol. The van der Waals surface area contributed by atoms with E-state index in [0.717, 1.165) is 5.56 Å². The normalized spacial score (nSPS) is 17.9. The Kier molecular flexibility index (Phi) is 9.03. The van der Waals surface area contributed by atoms with E-state index in [-0.39, 0.29) is 30.3 Å². The number of rotatable bonds is 9. The number of nitrogens with one attached hydrogen (secondary N) is 2. The lowest BCUT2D eigenvalue weighted by molar-refractivity contribution is -0.141. The highest BCUT2D eigenvalue weighted by Crippen LogP contribution is 2.21. The third-order valence-electron chi connectivity index (χ3n) is 5.43. The summed E-state index contributed by atoms with van der Waals surface area (Å²) in [5.41, 5.74) is 0.844. The van der Waals surface area contributed by atoms with Crippen LogP contribution in [0, 0.1) is 11.8 Å². The van der Waals surface area contributed by atoms with Crippen molar-refractivity contribution in [3.05, 3.63) is 35.9 Å². The molecule has 1 aliphatic heterocycles. The van der Waals surface area contributed by atoms with Crippen LogP contribution in [0.2, 0.25) is 0 Å². The molecule has 1 aromatic carbocycles. The van der Waals surface area contributed by atoms with Gasteiger partial charge in [0.25, 0.3) is 0 Å². The molecule has 3 amide bonds. The maximum absolute atomic E-state index is 13.2. The van der Waals surface area contributed by atoms with Crippen LogP contribution in [0.4, 0.5) is 4.79 Å². The molecule has 2 N–H and O–H groups in total. The number of carbonyl (C=O) groups is 4. The van der Waals surface area contributed by atoms with Crippen molar-refractivity contribution in [2.75, 3.05) is 6.54 Å². The minimum absolute atomic E-state index is 0.0449. The molecule has 0 aromatic heterocycles. The summed E-state index contributed by atoms with van der Waals surface area (Å²) in [6, 6.07) is 7.19. The summed E-state index contributed by atoms with van der Waals surface area (Å²) < 4.78 is 5.25. The molecule has 0 saturated carbocycles. The minimum Gasteiger partial charge on any atom is -0.445 e. The van der Waals surface area contributed by atoms with Crippen molar-refractivity contribution in [2.45, 2.75) is 65.3 Å². The van der Waals surface area contributed by atoms with Gasteiger partial charge in [-0.25, -0.2) is 4.79 Å². The number of aldehydes is 1. The topological polar surface area (TPSA) is 105 Å². The maximum atomic E-state index is 13.2. The number of likely N-dealkylation sites (tertiary alicyclic amines) is 1. The van der Waals surface area contributed by atoms with Gasteiger partial charge < -0.3 is 25.1 Å². The van der Waals surface area contributed by atoms with Crippen molar-refractivity contribution < 1.29 is 23.9 Å². The summed E-state index contributed by atoms with van der Waals surface area (Å²) in [5, 5.41) is 5.38. The van der Waals surface area contributed by atoms with E-state index >= 15 is 0 Å². The molecule has 2 unspecified atom stereocenters. The molecule has 8 nitrogen and oxygen atoms in total. The van der Waals surface area contributed by atoms with E-state index in [9.17, 15) is 19.2 Å². The van der Waals surface area contributed by atoms with Crippen molar-refractivity contribution in [3.8, 4) is 0 Å². The standard InChI is InChI=1S/C23H33N3O5/c1-15(2)18(13-27)24-21(28)19-11-8-12-26(19)22(29)20(16(3)4)25-23(30)31-14-17-9-6-5-7-10-17/h5-7,9-10,13,15-16,18-20H,8,11-12,14H2,1-4H3,(H,24,28)(H,25,30)/t18?,19?,20-/m0/s1. The van der Waals surface area contributed by atoms with E-state index in [1.54, 1.807) is 0 Å². The second-order valence-corrected chi connectivity index (χ2v) is 8.53. The smallest absolute Gasteiger partial charge is 0.408 e. The van der Waals surface area contributed by atoms with Crippen LogP contribution in [0.1, 0.15) is 46.1 Å².